The summed E-state index contributed by atoms with van der Waals surface area (Å²) in [6, 6.07) is 8.43. The lowest BCUT2D eigenvalue weighted by Gasteiger charge is -2.14. The molecular formula is C13H15ClN2S. The van der Waals surface area contributed by atoms with Gasteiger partial charge in [-0.1, -0.05) is 23.7 Å². The van der Waals surface area contributed by atoms with Gasteiger partial charge in [0.25, 0.3) is 0 Å². The van der Waals surface area contributed by atoms with Crippen LogP contribution < -0.4 is 5.32 Å². The fourth-order valence-electron chi connectivity index (χ4n) is 1.79. The van der Waals surface area contributed by atoms with E-state index < -0.39 is 0 Å². The smallest absolute Gasteiger partial charge is 0.0940 e. The second-order valence-electron chi connectivity index (χ2n) is 3.95. The Morgan fingerprint density at radius 1 is 1.41 bits per heavy atom. The Labute approximate surface area is 111 Å². The Hall–Kier alpha value is -0.900. The predicted octanol–water partition coefficient (Wildman–Crippen LogP) is 3.17. The molecule has 0 bridgehead atoms. The highest BCUT2D eigenvalue weighted by atomic mass is 35.5. The summed E-state index contributed by atoms with van der Waals surface area (Å²) in [4.78, 5) is 4.32. The Kier molecular flexibility index (Phi) is 4.54. The first-order valence-corrected chi connectivity index (χ1v) is 6.84. The number of benzene rings is 1. The molecule has 1 unspecified atom stereocenters. The number of nitrogens with one attached hydrogen (secondary N) is 1. The second-order valence-corrected chi connectivity index (χ2v) is 5.37. The van der Waals surface area contributed by atoms with Gasteiger partial charge in [0.1, 0.15) is 0 Å². The molecular weight excluding hydrogens is 252 g/mol. The van der Waals surface area contributed by atoms with Crippen LogP contribution in [0.15, 0.2) is 35.8 Å². The quantitative estimate of drug-likeness (QED) is 0.899. The maximum absolute atomic E-state index is 5.98. The van der Waals surface area contributed by atoms with E-state index in [1.165, 1.54) is 10.6 Å². The summed E-state index contributed by atoms with van der Waals surface area (Å²) in [5, 5.41) is 7.32. The van der Waals surface area contributed by atoms with Gasteiger partial charge in [-0.2, -0.15) is 0 Å². The molecule has 1 N–H and O–H groups in total. The van der Waals surface area contributed by atoms with E-state index in [0.717, 1.165) is 17.9 Å². The van der Waals surface area contributed by atoms with Crippen LogP contribution in [0.4, 0.5) is 0 Å². The van der Waals surface area contributed by atoms with Crippen LogP contribution in [0.1, 0.15) is 10.6 Å². The van der Waals surface area contributed by atoms with Crippen molar-refractivity contribution in [2.45, 2.75) is 18.9 Å². The molecule has 0 saturated heterocycles. The molecule has 0 aliphatic heterocycles. The lowest BCUT2D eigenvalue weighted by Crippen LogP contribution is -2.29. The van der Waals surface area contributed by atoms with Gasteiger partial charge in [0.05, 0.1) is 5.01 Å². The Morgan fingerprint density at radius 2 is 2.29 bits per heavy atom. The minimum absolute atomic E-state index is 0.402. The molecule has 0 saturated carbocycles. The molecule has 2 nitrogen and oxygen atoms in total. The number of hydrogen-bond acceptors (Lipinski definition) is 3. The van der Waals surface area contributed by atoms with Gasteiger partial charge >= 0.3 is 0 Å². The van der Waals surface area contributed by atoms with Crippen LogP contribution >= 0.6 is 22.9 Å². The number of nitrogens with zero attached hydrogens (tertiary/aromatic N) is 1. The Balaban J connectivity index is 2.00. The molecule has 0 fully saturated rings. The van der Waals surface area contributed by atoms with Crippen molar-refractivity contribution in [3.63, 3.8) is 0 Å². The molecule has 0 aliphatic carbocycles. The average molecular weight is 267 g/mol. The number of likely N-dealkylation sites (N-methyl/N-ethyl adjacent to an activating group) is 1. The fourth-order valence-corrected chi connectivity index (χ4v) is 2.70. The highest BCUT2D eigenvalue weighted by Gasteiger charge is 2.10. The monoisotopic (exact) mass is 266 g/mol. The summed E-state index contributed by atoms with van der Waals surface area (Å²) >= 11 is 7.69. The zero-order valence-corrected chi connectivity index (χ0v) is 11.3. The lowest BCUT2D eigenvalue weighted by atomic mass is 10.0. The van der Waals surface area contributed by atoms with Crippen molar-refractivity contribution in [1.82, 2.24) is 10.3 Å². The molecule has 1 aromatic carbocycles. The van der Waals surface area contributed by atoms with E-state index in [1.807, 2.05) is 36.8 Å². The van der Waals surface area contributed by atoms with Crippen LogP contribution in [-0.4, -0.2) is 18.1 Å². The van der Waals surface area contributed by atoms with Crippen LogP contribution in [0.25, 0.3) is 0 Å². The van der Waals surface area contributed by atoms with E-state index >= 15 is 0 Å². The molecule has 4 heteroatoms. The van der Waals surface area contributed by atoms with Crippen molar-refractivity contribution in [1.29, 1.82) is 0 Å². The van der Waals surface area contributed by atoms with E-state index in [2.05, 4.69) is 16.4 Å². The summed E-state index contributed by atoms with van der Waals surface area (Å²) in [6.07, 6.45) is 3.78. The molecule has 2 rings (SSSR count). The normalized spacial score (nSPS) is 12.6. The van der Waals surface area contributed by atoms with Crippen LogP contribution in [0.5, 0.6) is 0 Å². The predicted molar refractivity (Wildman–Crippen MR) is 73.8 cm³/mol. The zero-order valence-electron chi connectivity index (χ0n) is 9.69. The van der Waals surface area contributed by atoms with Crippen LogP contribution in [-0.2, 0) is 12.8 Å². The number of halogens is 1. The molecule has 0 amide bonds. The molecule has 0 radical (unpaired) electrons. The first-order valence-electron chi connectivity index (χ1n) is 5.58. The summed E-state index contributed by atoms with van der Waals surface area (Å²) in [7, 11) is 1.99. The van der Waals surface area contributed by atoms with Gasteiger partial charge in [-0.3, -0.25) is 0 Å². The van der Waals surface area contributed by atoms with E-state index in [-0.39, 0.29) is 0 Å². The molecule has 1 heterocycles. The summed E-state index contributed by atoms with van der Waals surface area (Å²) in [5.74, 6) is 0. The van der Waals surface area contributed by atoms with Gasteiger partial charge in [0, 0.05) is 29.1 Å². The van der Waals surface area contributed by atoms with E-state index in [4.69, 9.17) is 11.6 Å². The number of hydrogen-bond donors (Lipinski definition) is 1. The van der Waals surface area contributed by atoms with Gasteiger partial charge in [0.15, 0.2) is 0 Å². The fraction of sp³-hybridized carbons (Fsp3) is 0.308. The highest BCUT2D eigenvalue weighted by molar-refractivity contribution is 7.09. The zero-order chi connectivity index (χ0) is 12.1. The largest absolute Gasteiger partial charge is 0.316 e. The molecule has 90 valence electrons. The summed E-state index contributed by atoms with van der Waals surface area (Å²) in [5.41, 5.74) is 1.26. The molecule has 0 spiro atoms. The second kappa shape index (κ2) is 6.15. The molecule has 1 atom stereocenters. The van der Waals surface area contributed by atoms with Crippen molar-refractivity contribution in [2.24, 2.45) is 0 Å². The Morgan fingerprint density at radius 3 is 2.94 bits per heavy atom. The number of aromatic nitrogens is 1. The van der Waals surface area contributed by atoms with Gasteiger partial charge in [-0.05, 0) is 31.2 Å². The van der Waals surface area contributed by atoms with Gasteiger partial charge < -0.3 is 5.32 Å². The van der Waals surface area contributed by atoms with Crippen molar-refractivity contribution < 1.29 is 0 Å². The third-order valence-electron chi connectivity index (χ3n) is 2.68. The maximum atomic E-state index is 5.98. The minimum atomic E-state index is 0.402. The lowest BCUT2D eigenvalue weighted by molar-refractivity contribution is 0.555. The summed E-state index contributed by atoms with van der Waals surface area (Å²) < 4.78 is 0. The van der Waals surface area contributed by atoms with E-state index in [0.29, 0.717) is 6.04 Å². The average Bonchev–Trinajstić information content (AvgIpc) is 2.81. The van der Waals surface area contributed by atoms with Crippen LogP contribution in [0.3, 0.4) is 0 Å². The van der Waals surface area contributed by atoms with Crippen molar-refractivity contribution in [2.75, 3.05) is 7.05 Å². The molecule has 0 aliphatic rings. The van der Waals surface area contributed by atoms with E-state index in [1.54, 1.807) is 11.3 Å². The number of rotatable bonds is 5. The topological polar surface area (TPSA) is 24.9 Å². The van der Waals surface area contributed by atoms with Gasteiger partial charge in [0.2, 0.25) is 0 Å². The molecule has 2 aromatic rings. The molecule has 17 heavy (non-hydrogen) atoms. The SMILES string of the molecule is CNC(Cc1cccc(Cl)c1)Cc1nccs1. The standard InChI is InChI=1S/C13H15ClN2S/c1-15-12(9-13-16-5-6-17-13)8-10-3-2-4-11(14)7-10/h2-7,12,15H,8-9H2,1H3. The minimum Gasteiger partial charge on any atom is -0.316 e. The van der Waals surface area contributed by atoms with Crippen molar-refractivity contribution in [3.8, 4) is 0 Å². The Bertz CT molecular complexity index is 456. The van der Waals surface area contributed by atoms with Crippen molar-refractivity contribution in [3.05, 3.63) is 51.4 Å². The highest BCUT2D eigenvalue weighted by Crippen LogP contribution is 2.14. The maximum Gasteiger partial charge on any atom is 0.0940 e. The third-order valence-corrected chi connectivity index (χ3v) is 3.72. The molecule has 1 aromatic heterocycles. The van der Waals surface area contributed by atoms with Crippen LogP contribution in [0, 0.1) is 0 Å². The first kappa shape index (κ1) is 12.6. The van der Waals surface area contributed by atoms with E-state index in [9.17, 15) is 0 Å². The summed E-state index contributed by atoms with van der Waals surface area (Å²) in [6.45, 7) is 0. The van der Waals surface area contributed by atoms with Crippen LogP contribution in [0.2, 0.25) is 5.02 Å². The number of thiazole rings is 1. The first-order chi connectivity index (χ1) is 8.28. The third kappa shape index (κ3) is 3.80. The van der Waals surface area contributed by atoms with Gasteiger partial charge in [-0.15, -0.1) is 11.3 Å². The van der Waals surface area contributed by atoms with Crippen molar-refractivity contribution >= 4 is 22.9 Å². The van der Waals surface area contributed by atoms with Gasteiger partial charge in [-0.25, -0.2) is 4.98 Å².